The minimum absolute atomic E-state index is 0.123. The molecule has 0 atom stereocenters. The van der Waals surface area contributed by atoms with Crippen LogP contribution in [0.1, 0.15) is 16.9 Å². The van der Waals surface area contributed by atoms with E-state index in [0.717, 1.165) is 12.4 Å². The molecule has 0 aliphatic carbocycles. The number of aromatic nitrogens is 1. The van der Waals surface area contributed by atoms with Gasteiger partial charge in [-0.1, -0.05) is 0 Å². The summed E-state index contributed by atoms with van der Waals surface area (Å²) < 4.78 is 28.9. The number of hydrogen-bond acceptors (Lipinski definition) is 2. The standard InChI is InChI=1S/C7H7F2NO2/c1-12-6(11)5-2-3-10(4-5)7(8)9/h2-4,7H,1H3. The van der Waals surface area contributed by atoms with Crippen LogP contribution in [0.15, 0.2) is 18.5 Å². The molecule has 66 valence electrons. The van der Waals surface area contributed by atoms with Gasteiger partial charge >= 0.3 is 12.5 Å². The topological polar surface area (TPSA) is 31.2 Å². The lowest BCUT2D eigenvalue weighted by Gasteiger charge is -1.97. The van der Waals surface area contributed by atoms with Crippen molar-refractivity contribution < 1.29 is 18.3 Å². The van der Waals surface area contributed by atoms with Crippen LogP contribution in [-0.2, 0) is 4.74 Å². The van der Waals surface area contributed by atoms with Crippen molar-refractivity contribution in [1.82, 2.24) is 4.57 Å². The largest absolute Gasteiger partial charge is 0.465 e. The number of hydrogen-bond donors (Lipinski definition) is 0. The van der Waals surface area contributed by atoms with Crippen molar-refractivity contribution in [2.45, 2.75) is 6.55 Å². The first-order valence-electron chi connectivity index (χ1n) is 3.19. The van der Waals surface area contributed by atoms with Gasteiger partial charge in [0.2, 0.25) is 0 Å². The van der Waals surface area contributed by atoms with Crippen molar-refractivity contribution >= 4 is 5.97 Å². The molecule has 0 saturated carbocycles. The Balaban J connectivity index is 2.84. The van der Waals surface area contributed by atoms with Crippen LogP contribution in [0, 0.1) is 0 Å². The molecule has 0 fully saturated rings. The molecule has 1 aromatic rings. The molecular weight excluding hydrogens is 168 g/mol. The molecule has 0 unspecified atom stereocenters. The highest BCUT2D eigenvalue weighted by molar-refractivity contribution is 5.89. The number of methoxy groups -OCH3 is 1. The van der Waals surface area contributed by atoms with E-state index >= 15 is 0 Å². The van der Waals surface area contributed by atoms with E-state index in [1.54, 1.807) is 0 Å². The Kier molecular flexibility index (Phi) is 2.42. The van der Waals surface area contributed by atoms with Gasteiger partial charge in [0, 0.05) is 12.4 Å². The molecule has 1 aromatic heterocycles. The summed E-state index contributed by atoms with van der Waals surface area (Å²) >= 11 is 0. The highest BCUT2D eigenvalue weighted by atomic mass is 19.3. The maximum atomic E-state index is 12.0. The van der Waals surface area contributed by atoms with Gasteiger partial charge in [-0.25, -0.2) is 4.79 Å². The van der Waals surface area contributed by atoms with E-state index in [9.17, 15) is 13.6 Å². The number of rotatable bonds is 2. The van der Waals surface area contributed by atoms with Crippen molar-refractivity contribution in [3.05, 3.63) is 24.0 Å². The van der Waals surface area contributed by atoms with E-state index in [1.807, 2.05) is 0 Å². The molecular formula is C7H7F2NO2. The van der Waals surface area contributed by atoms with Crippen LogP contribution >= 0.6 is 0 Å². The van der Waals surface area contributed by atoms with Gasteiger partial charge in [-0.15, -0.1) is 0 Å². The van der Waals surface area contributed by atoms with Crippen molar-refractivity contribution in [3.8, 4) is 0 Å². The molecule has 0 aliphatic rings. The Bertz CT molecular complexity index is 283. The fourth-order valence-corrected chi connectivity index (χ4v) is 0.773. The van der Waals surface area contributed by atoms with Crippen LogP contribution in [0.3, 0.4) is 0 Å². The lowest BCUT2D eigenvalue weighted by molar-refractivity contribution is 0.0594. The maximum Gasteiger partial charge on any atom is 0.339 e. The number of halogens is 2. The second kappa shape index (κ2) is 3.34. The molecule has 0 amide bonds. The summed E-state index contributed by atoms with van der Waals surface area (Å²) in [6, 6.07) is 1.28. The third-order valence-corrected chi connectivity index (χ3v) is 1.36. The van der Waals surface area contributed by atoms with Gasteiger partial charge in [0.25, 0.3) is 0 Å². The van der Waals surface area contributed by atoms with Crippen molar-refractivity contribution in [3.63, 3.8) is 0 Å². The number of nitrogens with zero attached hydrogens (tertiary/aromatic N) is 1. The van der Waals surface area contributed by atoms with Gasteiger partial charge in [-0.3, -0.25) is 4.57 Å². The predicted molar refractivity (Wildman–Crippen MR) is 37.0 cm³/mol. The first-order chi connectivity index (χ1) is 5.65. The molecule has 0 N–H and O–H groups in total. The summed E-state index contributed by atoms with van der Waals surface area (Å²) in [5.74, 6) is -0.616. The van der Waals surface area contributed by atoms with Crippen molar-refractivity contribution in [2.24, 2.45) is 0 Å². The van der Waals surface area contributed by atoms with E-state index in [2.05, 4.69) is 4.74 Å². The van der Waals surface area contributed by atoms with Crippen LogP contribution in [0.4, 0.5) is 8.78 Å². The minimum atomic E-state index is -2.62. The average Bonchev–Trinajstić information content (AvgIpc) is 2.51. The Morgan fingerprint density at radius 1 is 1.67 bits per heavy atom. The SMILES string of the molecule is COC(=O)c1ccn(C(F)F)c1. The van der Waals surface area contributed by atoms with Gasteiger partial charge < -0.3 is 4.74 Å². The quantitative estimate of drug-likeness (QED) is 0.640. The second-order valence-corrected chi connectivity index (χ2v) is 2.12. The molecule has 0 radical (unpaired) electrons. The van der Waals surface area contributed by atoms with Crippen LogP contribution in [0.5, 0.6) is 0 Å². The zero-order chi connectivity index (χ0) is 9.14. The summed E-state index contributed by atoms with van der Waals surface area (Å²) in [6.45, 7) is -2.62. The highest BCUT2D eigenvalue weighted by Crippen LogP contribution is 2.12. The highest BCUT2D eigenvalue weighted by Gasteiger charge is 2.10. The fourth-order valence-electron chi connectivity index (χ4n) is 0.773. The number of ether oxygens (including phenoxy) is 1. The second-order valence-electron chi connectivity index (χ2n) is 2.12. The van der Waals surface area contributed by atoms with Crippen molar-refractivity contribution in [1.29, 1.82) is 0 Å². The summed E-state index contributed by atoms with van der Waals surface area (Å²) in [5.41, 5.74) is 0.123. The molecule has 0 aliphatic heterocycles. The van der Waals surface area contributed by atoms with Crippen LogP contribution in [0.2, 0.25) is 0 Å². The van der Waals surface area contributed by atoms with Crippen molar-refractivity contribution in [2.75, 3.05) is 7.11 Å². The van der Waals surface area contributed by atoms with E-state index in [0.29, 0.717) is 4.57 Å². The number of esters is 1. The van der Waals surface area contributed by atoms with Gasteiger partial charge in [0.1, 0.15) is 0 Å². The van der Waals surface area contributed by atoms with Crippen LogP contribution in [0.25, 0.3) is 0 Å². The smallest absolute Gasteiger partial charge is 0.339 e. The first-order valence-corrected chi connectivity index (χ1v) is 3.19. The monoisotopic (exact) mass is 175 g/mol. The lowest BCUT2D eigenvalue weighted by Crippen LogP contribution is -2.00. The van der Waals surface area contributed by atoms with E-state index < -0.39 is 12.5 Å². The molecule has 1 rings (SSSR count). The van der Waals surface area contributed by atoms with Crippen LogP contribution in [-0.4, -0.2) is 17.6 Å². The Morgan fingerprint density at radius 3 is 2.75 bits per heavy atom. The Labute approximate surface area is 67.6 Å². The molecule has 0 bridgehead atoms. The lowest BCUT2D eigenvalue weighted by atomic mass is 10.3. The third-order valence-electron chi connectivity index (χ3n) is 1.36. The average molecular weight is 175 g/mol. The minimum Gasteiger partial charge on any atom is -0.465 e. The zero-order valence-corrected chi connectivity index (χ0v) is 6.33. The zero-order valence-electron chi connectivity index (χ0n) is 6.33. The summed E-state index contributed by atoms with van der Waals surface area (Å²) in [6.07, 6.45) is 2.16. The number of carbonyl (C=O) groups excluding carboxylic acids is 1. The fraction of sp³-hybridized carbons (Fsp3) is 0.286. The van der Waals surface area contributed by atoms with Gasteiger partial charge in [0.05, 0.1) is 12.7 Å². The molecule has 0 aromatic carbocycles. The van der Waals surface area contributed by atoms with Gasteiger partial charge in [-0.2, -0.15) is 8.78 Å². The number of carbonyl (C=O) groups is 1. The summed E-state index contributed by atoms with van der Waals surface area (Å²) in [7, 11) is 1.20. The van der Waals surface area contributed by atoms with E-state index in [4.69, 9.17) is 0 Å². The van der Waals surface area contributed by atoms with E-state index in [-0.39, 0.29) is 5.56 Å². The number of alkyl halides is 2. The summed E-state index contributed by atoms with van der Waals surface area (Å²) in [4.78, 5) is 10.8. The molecule has 5 heteroatoms. The summed E-state index contributed by atoms with van der Waals surface area (Å²) in [5, 5.41) is 0. The molecule has 0 saturated heterocycles. The predicted octanol–water partition coefficient (Wildman–Crippen LogP) is 1.67. The van der Waals surface area contributed by atoms with E-state index in [1.165, 1.54) is 13.2 Å². The first kappa shape index (κ1) is 8.70. The molecule has 3 nitrogen and oxygen atoms in total. The van der Waals surface area contributed by atoms with Gasteiger partial charge in [-0.05, 0) is 6.07 Å². The third kappa shape index (κ3) is 1.61. The Hall–Kier alpha value is -1.39. The maximum absolute atomic E-state index is 12.0. The molecule has 0 spiro atoms. The Morgan fingerprint density at radius 2 is 2.33 bits per heavy atom. The van der Waals surface area contributed by atoms with Crippen LogP contribution < -0.4 is 0 Å². The molecule has 1 heterocycles. The molecule has 12 heavy (non-hydrogen) atoms. The normalized spacial score (nSPS) is 10.3. The van der Waals surface area contributed by atoms with Gasteiger partial charge in [0.15, 0.2) is 0 Å².